The highest BCUT2D eigenvalue weighted by Gasteiger charge is 2.32. The van der Waals surface area contributed by atoms with Gasteiger partial charge in [0.1, 0.15) is 0 Å². The van der Waals surface area contributed by atoms with Crippen molar-refractivity contribution in [1.82, 2.24) is 5.06 Å². The molecule has 3 nitrogen and oxygen atoms in total. The summed E-state index contributed by atoms with van der Waals surface area (Å²) in [5.74, 6) is 0.0482. The van der Waals surface area contributed by atoms with E-state index in [2.05, 4.69) is 34.6 Å². The number of hydroxylamine groups is 2. The van der Waals surface area contributed by atoms with E-state index < -0.39 is 0 Å². The topological polar surface area (TPSA) is 29.5 Å². The highest BCUT2D eigenvalue weighted by molar-refractivity contribution is 5.75. The molecule has 0 N–H and O–H groups in total. The number of rotatable bonds is 7. The van der Waals surface area contributed by atoms with E-state index in [4.69, 9.17) is 4.84 Å². The van der Waals surface area contributed by atoms with Crippen LogP contribution in [-0.2, 0) is 9.63 Å². The van der Waals surface area contributed by atoms with Crippen LogP contribution in [0.2, 0.25) is 0 Å². The first-order valence-electron chi connectivity index (χ1n) is 6.50. The fourth-order valence-electron chi connectivity index (χ4n) is 2.34. The lowest BCUT2D eigenvalue weighted by Gasteiger charge is -2.36. The van der Waals surface area contributed by atoms with Crippen molar-refractivity contribution < 1.29 is 9.63 Å². The van der Waals surface area contributed by atoms with Gasteiger partial charge in [0.2, 0.25) is 5.91 Å². The molecule has 0 fully saturated rings. The molecule has 0 aliphatic rings. The molecule has 0 aliphatic carbocycles. The van der Waals surface area contributed by atoms with Gasteiger partial charge in [0.15, 0.2) is 0 Å². The molecule has 0 radical (unpaired) electrons. The summed E-state index contributed by atoms with van der Waals surface area (Å²) in [5.41, 5.74) is 0.347. The van der Waals surface area contributed by atoms with Crippen LogP contribution in [0.25, 0.3) is 0 Å². The van der Waals surface area contributed by atoms with Crippen LogP contribution in [0.3, 0.4) is 0 Å². The minimum Gasteiger partial charge on any atom is -0.275 e. The first-order valence-corrected chi connectivity index (χ1v) is 6.50. The van der Waals surface area contributed by atoms with Gasteiger partial charge in [-0.25, -0.2) is 5.06 Å². The summed E-state index contributed by atoms with van der Waals surface area (Å²) in [7, 11) is 3.18. The second kappa shape index (κ2) is 6.39. The van der Waals surface area contributed by atoms with E-state index in [1.807, 2.05) is 0 Å². The van der Waals surface area contributed by atoms with Crippen molar-refractivity contribution in [3.8, 4) is 0 Å². The predicted octanol–water partition coefficient (Wildman–Crippen LogP) is 3.64. The van der Waals surface area contributed by atoms with E-state index in [9.17, 15) is 4.79 Å². The molecular weight excluding hydrogens is 214 g/mol. The van der Waals surface area contributed by atoms with Crippen LogP contribution < -0.4 is 0 Å². The lowest BCUT2D eigenvalue weighted by molar-refractivity contribution is -0.171. The third kappa shape index (κ3) is 5.53. The normalized spacial score (nSPS) is 12.6. The monoisotopic (exact) mass is 243 g/mol. The van der Waals surface area contributed by atoms with Gasteiger partial charge in [-0.2, -0.15) is 0 Å². The Morgan fingerprint density at radius 1 is 1.18 bits per heavy atom. The zero-order valence-corrected chi connectivity index (χ0v) is 12.6. The van der Waals surface area contributed by atoms with E-state index in [1.165, 1.54) is 12.2 Å². The number of hydrogen-bond donors (Lipinski definition) is 0. The van der Waals surface area contributed by atoms with Gasteiger partial charge in [-0.3, -0.25) is 9.63 Å². The summed E-state index contributed by atoms with van der Waals surface area (Å²) in [6.45, 7) is 11.1. The minimum absolute atomic E-state index is 0.0185. The van der Waals surface area contributed by atoms with Crippen molar-refractivity contribution in [2.75, 3.05) is 14.2 Å². The minimum atomic E-state index is 0.0185. The highest BCUT2D eigenvalue weighted by Crippen LogP contribution is 2.40. The summed E-state index contributed by atoms with van der Waals surface area (Å²) >= 11 is 0. The first kappa shape index (κ1) is 16.4. The van der Waals surface area contributed by atoms with Gasteiger partial charge in [0.05, 0.1) is 7.11 Å². The average molecular weight is 243 g/mol. The summed E-state index contributed by atoms with van der Waals surface area (Å²) in [6.07, 6.45) is 3.91. The quantitative estimate of drug-likeness (QED) is 0.639. The molecule has 0 spiro atoms. The Morgan fingerprint density at radius 3 is 2.00 bits per heavy atom. The zero-order chi connectivity index (χ0) is 13.7. The van der Waals surface area contributed by atoms with Gasteiger partial charge in [0.25, 0.3) is 0 Å². The molecule has 0 aromatic rings. The molecule has 0 aromatic carbocycles. The van der Waals surface area contributed by atoms with Crippen LogP contribution in [0.4, 0.5) is 0 Å². The van der Waals surface area contributed by atoms with E-state index in [0.717, 1.165) is 19.3 Å². The van der Waals surface area contributed by atoms with Gasteiger partial charge in [-0.15, -0.1) is 0 Å². The summed E-state index contributed by atoms with van der Waals surface area (Å²) in [4.78, 5) is 16.8. The Balaban J connectivity index is 4.53. The highest BCUT2D eigenvalue weighted by atomic mass is 16.7. The number of nitrogens with zero attached hydrogens (tertiary/aromatic N) is 1. The van der Waals surface area contributed by atoms with Crippen molar-refractivity contribution in [2.24, 2.45) is 10.8 Å². The Hall–Kier alpha value is -0.570. The Bertz CT molecular complexity index is 245. The molecule has 0 atom stereocenters. The molecule has 0 rings (SSSR count). The number of carbonyl (C=O) groups excluding carboxylic acids is 1. The Morgan fingerprint density at radius 2 is 1.65 bits per heavy atom. The molecule has 0 saturated carbocycles. The van der Waals surface area contributed by atoms with Crippen LogP contribution in [0.15, 0.2) is 0 Å². The lowest BCUT2D eigenvalue weighted by Crippen LogP contribution is -2.33. The molecule has 0 bridgehead atoms. The van der Waals surface area contributed by atoms with Gasteiger partial charge in [-0.1, -0.05) is 47.5 Å². The van der Waals surface area contributed by atoms with Gasteiger partial charge < -0.3 is 0 Å². The third-order valence-corrected chi connectivity index (χ3v) is 3.87. The molecular formula is C14H29NO2. The van der Waals surface area contributed by atoms with Crippen LogP contribution in [0.5, 0.6) is 0 Å². The average Bonchev–Trinajstić information content (AvgIpc) is 2.26. The summed E-state index contributed by atoms with van der Waals surface area (Å²) in [5, 5.41) is 1.32. The molecule has 0 heterocycles. The maximum atomic E-state index is 11.9. The SMILES string of the molecule is CCC(C)(CC)CC(C)(C)CC(=O)N(C)OC. The molecule has 0 aliphatic heterocycles. The van der Waals surface area contributed by atoms with Crippen molar-refractivity contribution >= 4 is 5.91 Å². The van der Waals surface area contributed by atoms with Crippen molar-refractivity contribution in [3.05, 3.63) is 0 Å². The van der Waals surface area contributed by atoms with E-state index in [0.29, 0.717) is 11.8 Å². The van der Waals surface area contributed by atoms with Crippen molar-refractivity contribution in [1.29, 1.82) is 0 Å². The standard InChI is InChI=1S/C14H29NO2/c1-8-14(5,9-2)11-13(3,4)10-12(16)15(6)17-7/h8-11H2,1-7H3. The predicted molar refractivity (Wildman–Crippen MR) is 71.5 cm³/mol. The van der Waals surface area contributed by atoms with Gasteiger partial charge >= 0.3 is 0 Å². The first-order chi connectivity index (χ1) is 7.69. The van der Waals surface area contributed by atoms with Crippen LogP contribution in [0.1, 0.15) is 60.3 Å². The number of hydrogen-bond acceptors (Lipinski definition) is 2. The fourth-order valence-corrected chi connectivity index (χ4v) is 2.34. The van der Waals surface area contributed by atoms with Crippen LogP contribution >= 0.6 is 0 Å². The largest absolute Gasteiger partial charge is 0.275 e. The molecule has 0 saturated heterocycles. The van der Waals surface area contributed by atoms with Crippen LogP contribution in [-0.4, -0.2) is 25.1 Å². The second-order valence-electron chi connectivity index (χ2n) is 6.11. The molecule has 3 heteroatoms. The number of carbonyl (C=O) groups is 1. The third-order valence-electron chi connectivity index (χ3n) is 3.87. The van der Waals surface area contributed by atoms with E-state index in [-0.39, 0.29) is 11.3 Å². The lowest BCUT2D eigenvalue weighted by atomic mass is 9.69. The van der Waals surface area contributed by atoms with Crippen molar-refractivity contribution in [2.45, 2.75) is 60.3 Å². The van der Waals surface area contributed by atoms with Crippen LogP contribution in [0, 0.1) is 10.8 Å². The maximum absolute atomic E-state index is 11.9. The van der Waals surface area contributed by atoms with Gasteiger partial charge in [-0.05, 0) is 17.3 Å². The smallest absolute Gasteiger partial charge is 0.246 e. The maximum Gasteiger partial charge on any atom is 0.246 e. The molecule has 102 valence electrons. The summed E-state index contributed by atoms with van der Waals surface area (Å²) < 4.78 is 0. The summed E-state index contributed by atoms with van der Waals surface area (Å²) in [6, 6.07) is 0. The van der Waals surface area contributed by atoms with Gasteiger partial charge in [0, 0.05) is 13.5 Å². The van der Waals surface area contributed by atoms with E-state index >= 15 is 0 Å². The molecule has 1 amide bonds. The zero-order valence-electron chi connectivity index (χ0n) is 12.6. The van der Waals surface area contributed by atoms with Crippen molar-refractivity contribution in [3.63, 3.8) is 0 Å². The fraction of sp³-hybridized carbons (Fsp3) is 0.929. The molecule has 17 heavy (non-hydrogen) atoms. The second-order valence-corrected chi connectivity index (χ2v) is 6.11. The van der Waals surface area contributed by atoms with E-state index in [1.54, 1.807) is 7.05 Å². The Labute approximate surface area is 106 Å². The Kier molecular flexibility index (Phi) is 6.17. The molecule has 0 unspecified atom stereocenters. The molecule has 0 aromatic heterocycles. The number of amides is 1.